The quantitative estimate of drug-likeness (QED) is 0.386. The Morgan fingerprint density at radius 3 is 2.44 bits per heavy atom. The minimum absolute atomic E-state index is 0.0690. The van der Waals surface area contributed by atoms with Gasteiger partial charge in [-0.15, -0.1) is 0 Å². The van der Waals surface area contributed by atoms with E-state index in [0.717, 1.165) is 5.56 Å². The summed E-state index contributed by atoms with van der Waals surface area (Å²) in [6, 6.07) is 15.9. The summed E-state index contributed by atoms with van der Waals surface area (Å²) >= 11 is 0. The highest BCUT2D eigenvalue weighted by molar-refractivity contribution is 6.01. The molecule has 0 bridgehead atoms. The zero-order chi connectivity index (χ0) is 23.0. The third kappa shape index (κ3) is 5.45. The minimum atomic E-state index is -1.25. The number of hydrogen-bond acceptors (Lipinski definition) is 7. The van der Waals surface area contributed by atoms with Gasteiger partial charge in [-0.2, -0.15) is 0 Å². The number of carbonyl (C=O) groups is 1. The summed E-state index contributed by atoms with van der Waals surface area (Å²) in [5.74, 6) is 0.590. The maximum absolute atomic E-state index is 13.3. The lowest BCUT2D eigenvalue weighted by Crippen LogP contribution is -2.56. The van der Waals surface area contributed by atoms with Crippen LogP contribution in [0, 0.1) is 0 Å². The molecule has 1 aliphatic rings. The van der Waals surface area contributed by atoms with Gasteiger partial charge in [0.2, 0.25) is 5.90 Å². The van der Waals surface area contributed by atoms with Crippen molar-refractivity contribution in [2.45, 2.75) is 37.5 Å². The van der Waals surface area contributed by atoms with Gasteiger partial charge in [0.15, 0.2) is 5.54 Å². The average Bonchev–Trinajstić information content (AvgIpc) is 3.15. The molecular weight excluding hydrogens is 412 g/mol. The average molecular weight is 443 g/mol. The number of nitrogens with one attached hydrogen (secondary N) is 1. The van der Waals surface area contributed by atoms with Crippen LogP contribution in [0.2, 0.25) is 0 Å². The van der Waals surface area contributed by atoms with E-state index in [1.54, 1.807) is 31.2 Å². The van der Waals surface area contributed by atoms with E-state index in [-0.39, 0.29) is 19.8 Å². The van der Waals surface area contributed by atoms with Crippen molar-refractivity contribution in [3.8, 4) is 5.75 Å². The molecule has 0 aromatic heterocycles. The Hall–Kier alpha value is -2.94. The summed E-state index contributed by atoms with van der Waals surface area (Å²) < 4.78 is 11.6. The van der Waals surface area contributed by atoms with Crippen LogP contribution in [0.5, 0.6) is 5.75 Å². The predicted molar refractivity (Wildman–Crippen MR) is 120 cm³/mol. The monoisotopic (exact) mass is 442 g/mol. The fraction of sp³-hybridized carbons (Fsp3) is 0.417. The third-order valence-electron chi connectivity index (χ3n) is 5.42. The van der Waals surface area contributed by atoms with Gasteiger partial charge in [0.1, 0.15) is 11.9 Å². The van der Waals surface area contributed by atoms with Crippen molar-refractivity contribution in [3.05, 3.63) is 65.7 Å². The molecule has 2 aromatic carbocycles. The van der Waals surface area contributed by atoms with Crippen molar-refractivity contribution in [2.24, 2.45) is 4.99 Å². The molecule has 32 heavy (non-hydrogen) atoms. The van der Waals surface area contributed by atoms with Gasteiger partial charge in [0.05, 0.1) is 25.9 Å². The van der Waals surface area contributed by atoms with E-state index in [1.807, 2.05) is 30.3 Å². The molecular formula is C24H30N2O6. The number of aliphatic hydroxyl groups excluding tert-OH is 3. The van der Waals surface area contributed by atoms with Crippen molar-refractivity contribution < 1.29 is 29.6 Å². The molecule has 0 radical (unpaired) electrons. The van der Waals surface area contributed by atoms with Gasteiger partial charge < -0.3 is 30.1 Å². The number of ether oxygens (including phenoxy) is 2. The lowest BCUT2D eigenvalue weighted by Gasteiger charge is -2.29. The van der Waals surface area contributed by atoms with Crippen molar-refractivity contribution in [1.82, 2.24) is 5.32 Å². The van der Waals surface area contributed by atoms with Gasteiger partial charge in [0.25, 0.3) is 5.91 Å². The molecule has 1 aliphatic heterocycles. The molecule has 0 spiro atoms. The second kappa shape index (κ2) is 11.1. The SMILES string of the molecule is C[C@H]1OC(c2ccc(OCCCO)cc2)=N[C@@]1(Cc1ccccc1)C(=O)NC(CO)CO. The largest absolute Gasteiger partial charge is 0.494 e. The topological polar surface area (TPSA) is 121 Å². The first kappa shape index (κ1) is 23.7. The molecule has 8 nitrogen and oxygen atoms in total. The van der Waals surface area contributed by atoms with E-state index >= 15 is 0 Å². The number of amides is 1. The van der Waals surface area contributed by atoms with Gasteiger partial charge in [-0.1, -0.05) is 30.3 Å². The summed E-state index contributed by atoms with van der Waals surface area (Å²) in [5, 5.41) is 30.4. The molecule has 2 atom stereocenters. The van der Waals surface area contributed by atoms with E-state index in [1.165, 1.54) is 0 Å². The van der Waals surface area contributed by atoms with Crippen LogP contribution in [-0.4, -0.2) is 71.2 Å². The Kier molecular flexibility index (Phi) is 8.21. The Bertz CT molecular complexity index is 898. The van der Waals surface area contributed by atoms with Gasteiger partial charge >= 0.3 is 0 Å². The van der Waals surface area contributed by atoms with Crippen LogP contribution in [0.3, 0.4) is 0 Å². The Morgan fingerprint density at radius 2 is 1.81 bits per heavy atom. The number of nitrogens with zero attached hydrogens (tertiary/aromatic N) is 1. The lowest BCUT2D eigenvalue weighted by atomic mass is 9.85. The highest BCUT2D eigenvalue weighted by Gasteiger charge is 2.50. The zero-order valence-electron chi connectivity index (χ0n) is 18.1. The van der Waals surface area contributed by atoms with Crippen LogP contribution in [0.1, 0.15) is 24.5 Å². The standard InChI is InChI=1S/C24H30N2O6/c1-17-24(14-18-6-3-2-4-7-18,23(30)25-20(15-28)16-29)26-22(32-17)19-8-10-21(11-9-19)31-13-5-12-27/h2-4,6-11,17,20,27-29H,5,12-16H2,1H3,(H,25,30)/t17-,24-/m1/s1. The second-order valence-electron chi connectivity index (χ2n) is 7.75. The molecule has 0 fully saturated rings. The Balaban J connectivity index is 1.89. The van der Waals surface area contributed by atoms with Crippen molar-refractivity contribution in [1.29, 1.82) is 0 Å². The summed E-state index contributed by atoms with van der Waals surface area (Å²) in [6.45, 7) is 1.51. The molecule has 1 heterocycles. The van der Waals surface area contributed by atoms with Crippen molar-refractivity contribution >= 4 is 11.8 Å². The van der Waals surface area contributed by atoms with Gasteiger partial charge in [-0.05, 0) is 36.8 Å². The highest BCUT2D eigenvalue weighted by Crippen LogP contribution is 2.33. The Morgan fingerprint density at radius 1 is 1.12 bits per heavy atom. The fourth-order valence-electron chi connectivity index (χ4n) is 3.51. The predicted octanol–water partition coefficient (Wildman–Crippen LogP) is 1.06. The molecule has 8 heteroatoms. The molecule has 172 valence electrons. The van der Waals surface area contributed by atoms with E-state index < -0.39 is 23.6 Å². The number of aliphatic imine (C=N–C) groups is 1. The number of rotatable bonds is 11. The molecule has 0 aliphatic carbocycles. The van der Waals surface area contributed by atoms with E-state index in [4.69, 9.17) is 19.6 Å². The van der Waals surface area contributed by atoms with E-state index in [0.29, 0.717) is 36.7 Å². The third-order valence-corrected chi connectivity index (χ3v) is 5.42. The van der Waals surface area contributed by atoms with Crippen LogP contribution in [0.25, 0.3) is 0 Å². The molecule has 4 N–H and O–H groups in total. The minimum Gasteiger partial charge on any atom is -0.494 e. The lowest BCUT2D eigenvalue weighted by molar-refractivity contribution is -0.129. The smallest absolute Gasteiger partial charge is 0.252 e. The summed E-state index contributed by atoms with van der Waals surface area (Å²) in [6.07, 6.45) is 0.279. The summed E-state index contributed by atoms with van der Waals surface area (Å²) in [7, 11) is 0. The van der Waals surface area contributed by atoms with Crippen LogP contribution in [0.4, 0.5) is 0 Å². The number of aliphatic hydroxyl groups is 3. The Labute approximate surface area is 187 Å². The maximum Gasteiger partial charge on any atom is 0.252 e. The van der Waals surface area contributed by atoms with Gasteiger partial charge in [-0.3, -0.25) is 4.79 Å². The van der Waals surface area contributed by atoms with Crippen molar-refractivity contribution in [3.63, 3.8) is 0 Å². The maximum atomic E-state index is 13.3. The van der Waals surface area contributed by atoms with Gasteiger partial charge in [-0.25, -0.2) is 4.99 Å². The van der Waals surface area contributed by atoms with Crippen LogP contribution < -0.4 is 10.1 Å². The number of hydrogen-bond donors (Lipinski definition) is 4. The van der Waals surface area contributed by atoms with Crippen molar-refractivity contribution in [2.75, 3.05) is 26.4 Å². The molecule has 0 unspecified atom stereocenters. The van der Waals surface area contributed by atoms with Crippen LogP contribution in [0.15, 0.2) is 59.6 Å². The fourth-order valence-corrected chi connectivity index (χ4v) is 3.51. The normalized spacial score (nSPS) is 20.0. The number of benzene rings is 2. The highest BCUT2D eigenvalue weighted by atomic mass is 16.5. The first-order chi connectivity index (χ1) is 15.5. The molecule has 3 rings (SSSR count). The van der Waals surface area contributed by atoms with Crippen LogP contribution in [-0.2, 0) is 16.0 Å². The summed E-state index contributed by atoms with van der Waals surface area (Å²) in [5.41, 5.74) is 0.366. The number of carbonyl (C=O) groups excluding carboxylic acids is 1. The zero-order valence-corrected chi connectivity index (χ0v) is 18.1. The first-order valence-electron chi connectivity index (χ1n) is 10.7. The molecule has 0 saturated carbocycles. The van der Waals surface area contributed by atoms with E-state index in [2.05, 4.69) is 5.32 Å². The van der Waals surface area contributed by atoms with Gasteiger partial charge in [0, 0.05) is 25.0 Å². The van der Waals surface area contributed by atoms with Crippen LogP contribution >= 0.6 is 0 Å². The molecule has 1 amide bonds. The summed E-state index contributed by atoms with van der Waals surface area (Å²) in [4.78, 5) is 18.1. The first-order valence-corrected chi connectivity index (χ1v) is 10.7. The molecule has 0 saturated heterocycles. The van der Waals surface area contributed by atoms with E-state index in [9.17, 15) is 15.0 Å². The second-order valence-corrected chi connectivity index (χ2v) is 7.75. The molecule has 2 aromatic rings.